The Morgan fingerprint density at radius 3 is 2.12 bits per heavy atom. The van der Waals surface area contributed by atoms with Crippen molar-refractivity contribution in [3.63, 3.8) is 0 Å². The van der Waals surface area contributed by atoms with Crippen molar-refractivity contribution in [3.05, 3.63) is 0 Å². The molecular formula is C30H48O3. The lowest BCUT2D eigenvalue weighted by Crippen LogP contribution is -2.69. The number of hydrogen-bond donors (Lipinski definition) is 1. The van der Waals surface area contributed by atoms with Gasteiger partial charge in [-0.25, -0.2) is 0 Å². The van der Waals surface area contributed by atoms with Crippen molar-refractivity contribution in [2.75, 3.05) is 0 Å². The summed E-state index contributed by atoms with van der Waals surface area (Å²) >= 11 is 0. The van der Waals surface area contributed by atoms with E-state index in [0.717, 1.165) is 44.9 Å². The summed E-state index contributed by atoms with van der Waals surface area (Å²) in [7, 11) is 0. The number of rotatable bonds is 1. The van der Waals surface area contributed by atoms with Crippen molar-refractivity contribution in [1.82, 2.24) is 0 Å². The van der Waals surface area contributed by atoms with Gasteiger partial charge in [0, 0.05) is 17.8 Å². The summed E-state index contributed by atoms with van der Waals surface area (Å²) in [4.78, 5) is 25.9. The van der Waals surface area contributed by atoms with Crippen LogP contribution in [0.15, 0.2) is 0 Å². The van der Waals surface area contributed by atoms with Crippen LogP contribution in [0.1, 0.15) is 113 Å². The number of hydrogen-bond acceptors (Lipinski definition) is 3. The van der Waals surface area contributed by atoms with Crippen molar-refractivity contribution in [1.29, 1.82) is 0 Å². The van der Waals surface area contributed by atoms with Crippen LogP contribution in [0, 0.1) is 56.2 Å². The number of fused-ring (bicyclic) bond motifs is 7. The van der Waals surface area contributed by atoms with Gasteiger partial charge in [-0.05, 0) is 103 Å². The number of aliphatic hydroxyl groups excluding tert-OH is 1. The fourth-order valence-corrected chi connectivity index (χ4v) is 11.0. The van der Waals surface area contributed by atoms with E-state index in [4.69, 9.17) is 0 Å². The second-order valence-electron chi connectivity index (χ2n) is 15.1. The first-order valence-corrected chi connectivity index (χ1v) is 13.9. The predicted octanol–water partition coefficient (Wildman–Crippen LogP) is 6.61. The highest BCUT2D eigenvalue weighted by atomic mass is 16.3. The first kappa shape index (κ1) is 24.0. The molecule has 0 aromatic rings. The lowest BCUT2D eigenvalue weighted by Gasteiger charge is -2.74. The van der Waals surface area contributed by atoms with Crippen LogP contribution in [0.25, 0.3) is 0 Å². The maximum Gasteiger partial charge on any atom is 0.136 e. The minimum absolute atomic E-state index is 0.0308. The molecule has 5 aliphatic carbocycles. The third kappa shape index (κ3) is 2.78. The summed E-state index contributed by atoms with van der Waals surface area (Å²) in [6, 6.07) is 0. The Balaban J connectivity index is 1.58. The van der Waals surface area contributed by atoms with Crippen LogP contribution in [0.2, 0.25) is 0 Å². The van der Waals surface area contributed by atoms with Crippen LogP contribution in [0.5, 0.6) is 0 Å². The van der Waals surface area contributed by atoms with Gasteiger partial charge in [0.05, 0.1) is 6.10 Å². The van der Waals surface area contributed by atoms with Crippen LogP contribution in [0.3, 0.4) is 0 Å². The maximum atomic E-state index is 13.2. The highest BCUT2D eigenvalue weighted by Gasteiger charge is 2.72. The van der Waals surface area contributed by atoms with Gasteiger partial charge < -0.3 is 9.90 Å². The summed E-state index contributed by atoms with van der Waals surface area (Å²) < 4.78 is 0. The van der Waals surface area contributed by atoms with E-state index in [1.807, 2.05) is 0 Å². The molecule has 10 unspecified atom stereocenters. The Morgan fingerprint density at radius 2 is 1.45 bits per heavy atom. The lowest BCUT2D eigenvalue weighted by molar-refractivity contribution is -0.259. The van der Waals surface area contributed by atoms with Crippen molar-refractivity contribution < 1.29 is 14.7 Å². The SMILES string of the molecule is CC1C(=O)CCC2C1(C)CCC1C2(C=O)CCC2(C)C3CC(C)(C)C(O)CC3(C)CCC12C. The Bertz CT molecular complexity index is 863. The van der Waals surface area contributed by atoms with Gasteiger partial charge in [0.15, 0.2) is 0 Å². The molecule has 1 N–H and O–H groups in total. The summed E-state index contributed by atoms with van der Waals surface area (Å²) in [5.41, 5.74) is 0.179. The highest BCUT2D eigenvalue weighted by molar-refractivity contribution is 5.83. The van der Waals surface area contributed by atoms with Gasteiger partial charge in [0.25, 0.3) is 0 Å². The summed E-state index contributed by atoms with van der Waals surface area (Å²) in [5.74, 6) is 1.83. The number of carbonyl (C=O) groups is 2. The molecule has 0 amide bonds. The molecule has 186 valence electrons. The Labute approximate surface area is 201 Å². The Hall–Kier alpha value is -0.700. The molecule has 33 heavy (non-hydrogen) atoms. The minimum Gasteiger partial charge on any atom is -0.393 e. The van der Waals surface area contributed by atoms with E-state index in [0.29, 0.717) is 30.0 Å². The average molecular weight is 457 g/mol. The van der Waals surface area contributed by atoms with Crippen LogP contribution < -0.4 is 0 Å². The third-order valence-electron chi connectivity index (χ3n) is 13.7. The van der Waals surface area contributed by atoms with Crippen molar-refractivity contribution in [2.45, 2.75) is 119 Å². The standard InChI is InChI=1S/C30H48O3/c1-19-20(32)8-9-21-27(19,5)11-10-22-28(6)13-12-26(4)17-24(33)25(2,3)16-23(26)29(28,7)14-15-30(21,22)18-31/h18-19,21-24,33H,8-17H2,1-7H3. The molecule has 0 spiro atoms. The number of ketones is 1. The van der Waals surface area contributed by atoms with Crippen LogP contribution >= 0.6 is 0 Å². The molecule has 3 heteroatoms. The molecule has 5 fully saturated rings. The summed E-state index contributed by atoms with van der Waals surface area (Å²) in [6.07, 6.45) is 11.4. The fraction of sp³-hybridized carbons (Fsp3) is 0.933. The van der Waals surface area contributed by atoms with Gasteiger partial charge in [-0.1, -0.05) is 48.5 Å². The number of Topliss-reactive ketones (excluding diaryl/α,β-unsaturated/α-hetero) is 1. The van der Waals surface area contributed by atoms with Gasteiger partial charge >= 0.3 is 0 Å². The molecule has 0 aromatic carbocycles. The second kappa shape index (κ2) is 6.95. The van der Waals surface area contributed by atoms with Gasteiger partial charge in [-0.3, -0.25) is 4.79 Å². The molecule has 5 saturated carbocycles. The number of aliphatic hydroxyl groups is 1. The molecule has 5 aliphatic rings. The van der Waals surface area contributed by atoms with E-state index in [2.05, 4.69) is 48.5 Å². The quantitative estimate of drug-likeness (QED) is 0.452. The third-order valence-corrected chi connectivity index (χ3v) is 13.7. The predicted molar refractivity (Wildman–Crippen MR) is 132 cm³/mol. The first-order chi connectivity index (χ1) is 15.2. The summed E-state index contributed by atoms with van der Waals surface area (Å²) in [5, 5.41) is 11.0. The molecule has 3 nitrogen and oxygen atoms in total. The molecule has 5 rings (SSSR count). The molecular weight excluding hydrogens is 408 g/mol. The summed E-state index contributed by atoms with van der Waals surface area (Å²) in [6.45, 7) is 16.6. The van der Waals surface area contributed by atoms with E-state index in [-0.39, 0.29) is 44.5 Å². The minimum atomic E-state index is -0.270. The number of aldehydes is 1. The monoisotopic (exact) mass is 456 g/mol. The van der Waals surface area contributed by atoms with E-state index < -0.39 is 0 Å². The molecule has 0 saturated heterocycles. The molecule has 10 atom stereocenters. The molecule has 0 aromatic heterocycles. The Kier molecular flexibility index (Phi) is 5.06. The zero-order valence-electron chi connectivity index (χ0n) is 22.3. The highest BCUT2D eigenvalue weighted by Crippen LogP contribution is 2.78. The molecule has 0 heterocycles. The van der Waals surface area contributed by atoms with E-state index in [9.17, 15) is 14.7 Å². The van der Waals surface area contributed by atoms with Gasteiger partial charge in [0.1, 0.15) is 12.1 Å². The Morgan fingerprint density at radius 1 is 0.818 bits per heavy atom. The van der Waals surface area contributed by atoms with E-state index in [1.165, 1.54) is 19.1 Å². The van der Waals surface area contributed by atoms with Crippen LogP contribution in [-0.2, 0) is 9.59 Å². The van der Waals surface area contributed by atoms with Gasteiger partial charge in [-0.2, -0.15) is 0 Å². The first-order valence-electron chi connectivity index (χ1n) is 13.9. The zero-order valence-corrected chi connectivity index (χ0v) is 22.3. The zero-order chi connectivity index (χ0) is 24.2. The lowest BCUT2D eigenvalue weighted by atomic mass is 9.30. The van der Waals surface area contributed by atoms with Gasteiger partial charge in [-0.15, -0.1) is 0 Å². The van der Waals surface area contributed by atoms with Crippen molar-refractivity contribution in [3.8, 4) is 0 Å². The molecule has 0 radical (unpaired) electrons. The number of carbonyl (C=O) groups excluding carboxylic acids is 2. The smallest absolute Gasteiger partial charge is 0.136 e. The van der Waals surface area contributed by atoms with E-state index >= 15 is 0 Å². The second-order valence-corrected chi connectivity index (χ2v) is 15.1. The van der Waals surface area contributed by atoms with Crippen LogP contribution in [0.4, 0.5) is 0 Å². The van der Waals surface area contributed by atoms with Crippen molar-refractivity contribution >= 4 is 12.1 Å². The average Bonchev–Trinajstić information content (AvgIpc) is 2.75. The normalized spacial score (nSPS) is 57.8. The topological polar surface area (TPSA) is 54.4 Å². The van der Waals surface area contributed by atoms with Crippen molar-refractivity contribution in [2.24, 2.45) is 56.2 Å². The fourth-order valence-electron chi connectivity index (χ4n) is 11.0. The maximum absolute atomic E-state index is 13.2. The van der Waals surface area contributed by atoms with E-state index in [1.54, 1.807) is 0 Å². The molecule has 0 aliphatic heterocycles. The largest absolute Gasteiger partial charge is 0.393 e. The van der Waals surface area contributed by atoms with Crippen LogP contribution in [-0.4, -0.2) is 23.3 Å². The molecule has 0 bridgehead atoms. The van der Waals surface area contributed by atoms with Gasteiger partial charge in [0.2, 0.25) is 0 Å².